The molecular formula is C24H30N2O4. The number of carbonyl (C=O) groups is 2. The molecule has 1 aliphatic carbocycles. The van der Waals surface area contributed by atoms with Crippen molar-refractivity contribution in [3.63, 3.8) is 0 Å². The zero-order valence-electron chi connectivity index (χ0n) is 18.1. The van der Waals surface area contributed by atoms with E-state index in [1.807, 2.05) is 24.3 Å². The van der Waals surface area contributed by atoms with Crippen molar-refractivity contribution in [2.24, 2.45) is 0 Å². The second kappa shape index (κ2) is 9.65. The number of esters is 1. The van der Waals surface area contributed by atoms with Gasteiger partial charge in [-0.3, -0.25) is 4.79 Å². The minimum Gasteiger partial charge on any atom is -0.497 e. The van der Waals surface area contributed by atoms with Crippen LogP contribution in [0, 0.1) is 13.8 Å². The monoisotopic (exact) mass is 410 g/mol. The number of ether oxygens (including phenoxy) is 2. The summed E-state index contributed by atoms with van der Waals surface area (Å²) in [6, 6.07) is 10.4. The lowest BCUT2D eigenvalue weighted by atomic mass is 10.1. The van der Waals surface area contributed by atoms with Crippen molar-refractivity contribution in [2.75, 3.05) is 13.7 Å². The molecule has 1 aromatic heterocycles. The minimum absolute atomic E-state index is 0.308. The number of rotatable bonds is 9. The summed E-state index contributed by atoms with van der Waals surface area (Å²) < 4.78 is 12.7. The predicted octanol–water partition coefficient (Wildman–Crippen LogP) is 3.75. The van der Waals surface area contributed by atoms with E-state index in [1.165, 1.54) is 24.6 Å². The summed E-state index contributed by atoms with van der Waals surface area (Å²) in [5.74, 6) is -0.0352. The maximum absolute atomic E-state index is 12.2. The molecule has 6 heteroatoms. The highest BCUT2D eigenvalue weighted by Gasteiger charge is 2.26. The molecule has 1 aliphatic rings. The van der Waals surface area contributed by atoms with Gasteiger partial charge in [0.1, 0.15) is 5.75 Å². The number of amides is 1. The van der Waals surface area contributed by atoms with Gasteiger partial charge < -0.3 is 19.4 Å². The van der Waals surface area contributed by atoms with Gasteiger partial charge in [0.05, 0.1) is 7.11 Å². The van der Waals surface area contributed by atoms with Gasteiger partial charge in [-0.25, -0.2) is 4.79 Å². The Labute approximate surface area is 177 Å². The van der Waals surface area contributed by atoms with Crippen LogP contribution in [0.25, 0.3) is 6.08 Å². The Hall–Kier alpha value is -3.02. The number of aryl methyl sites for hydroxylation is 1. The molecule has 0 unspecified atom stereocenters. The summed E-state index contributed by atoms with van der Waals surface area (Å²) in [4.78, 5) is 24.3. The molecule has 1 heterocycles. The molecule has 0 spiro atoms. The highest BCUT2D eigenvalue weighted by molar-refractivity contribution is 5.90. The smallest absolute Gasteiger partial charge is 0.331 e. The van der Waals surface area contributed by atoms with Crippen LogP contribution in [-0.2, 0) is 20.7 Å². The summed E-state index contributed by atoms with van der Waals surface area (Å²) >= 11 is 0. The summed E-state index contributed by atoms with van der Waals surface area (Å²) in [5, 5.41) is 2.80. The zero-order chi connectivity index (χ0) is 21.7. The summed E-state index contributed by atoms with van der Waals surface area (Å²) in [6.45, 7) is 6.19. The van der Waals surface area contributed by atoms with Crippen LogP contribution in [0.1, 0.15) is 48.3 Å². The lowest BCUT2D eigenvalue weighted by Gasteiger charge is -2.12. The first kappa shape index (κ1) is 21.7. The van der Waals surface area contributed by atoms with Crippen molar-refractivity contribution < 1.29 is 19.1 Å². The predicted molar refractivity (Wildman–Crippen MR) is 116 cm³/mol. The normalized spacial score (nSPS) is 14.5. The first-order chi connectivity index (χ1) is 14.4. The van der Waals surface area contributed by atoms with Gasteiger partial charge in [0.15, 0.2) is 6.10 Å². The van der Waals surface area contributed by atoms with E-state index in [1.54, 1.807) is 20.1 Å². The molecular weight excluding hydrogens is 380 g/mol. The summed E-state index contributed by atoms with van der Waals surface area (Å²) in [6.07, 6.45) is 5.42. The Morgan fingerprint density at radius 1 is 1.23 bits per heavy atom. The van der Waals surface area contributed by atoms with E-state index in [4.69, 9.17) is 9.47 Å². The van der Waals surface area contributed by atoms with Crippen LogP contribution in [-0.4, -0.2) is 36.2 Å². The molecule has 2 aromatic rings. The van der Waals surface area contributed by atoms with Gasteiger partial charge in [-0.15, -0.1) is 0 Å². The van der Waals surface area contributed by atoms with E-state index in [0.29, 0.717) is 19.0 Å². The van der Waals surface area contributed by atoms with E-state index in [0.717, 1.165) is 22.6 Å². The van der Waals surface area contributed by atoms with Crippen molar-refractivity contribution in [3.05, 3.63) is 58.9 Å². The van der Waals surface area contributed by atoms with Gasteiger partial charge in [0.25, 0.3) is 5.91 Å². The van der Waals surface area contributed by atoms with Crippen LogP contribution in [0.3, 0.4) is 0 Å². The number of nitrogens with one attached hydrogen (secondary N) is 1. The third-order valence-corrected chi connectivity index (χ3v) is 5.37. The molecule has 1 saturated carbocycles. The van der Waals surface area contributed by atoms with Crippen molar-refractivity contribution in [1.82, 2.24) is 9.88 Å². The highest BCUT2D eigenvalue weighted by atomic mass is 16.5. The first-order valence-corrected chi connectivity index (χ1v) is 10.4. The average molecular weight is 411 g/mol. The number of carbonyl (C=O) groups excluding carboxylic acids is 2. The first-order valence-electron chi connectivity index (χ1n) is 10.4. The van der Waals surface area contributed by atoms with Gasteiger partial charge >= 0.3 is 5.97 Å². The number of methoxy groups -OCH3 is 1. The zero-order valence-corrected chi connectivity index (χ0v) is 18.1. The number of aromatic nitrogens is 1. The standard InChI is InChI=1S/C24H30N2O4/c1-16-15-20(17(2)26(16)21-8-9-21)7-12-23(27)30-18(3)24(28)25-14-13-19-5-10-22(29-4)11-6-19/h5-7,10-12,15,18,21H,8-9,13-14H2,1-4H3,(H,25,28)/b12-7+/t18-/m0/s1. The van der Waals surface area contributed by atoms with Crippen LogP contribution in [0.2, 0.25) is 0 Å². The average Bonchev–Trinajstić information content (AvgIpc) is 3.52. The van der Waals surface area contributed by atoms with E-state index in [9.17, 15) is 9.59 Å². The van der Waals surface area contributed by atoms with Crippen molar-refractivity contribution >= 4 is 18.0 Å². The lowest BCUT2D eigenvalue weighted by Crippen LogP contribution is -2.36. The second-order valence-corrected chi connectivity index (χ2v) is 7.73. The fourth-order valence-electron chi connectivity index (χ4n) is 3.56. The largest absolute Gasteiger partial charge is 0.497 e. The van der Waals surface area contributed by atoms with Gasteiger partial charge in [-0.2, -0.15) is 0 Å². The Kier molecular flexibility index (Phi) is 6.98. The molecule has 1 atom stereocenters. The van der Waals surface area contributed by atoms with Gasteiger partial charge in [-0.1, -0.05) is 12.1 Å². The molecule has 0 saturated heterocycles. The minimum atomic E-state index is -0.850. The van der Waals surface area contributed by atoms with Crippen LogP contribution in [0.4, 0.5) is 0 Å². The van der Waals surface area contributed by atoms with Crippen LogP contribution in [0.15, 0.2) is 36.4 Å². The van der Waals surface area contributed by atoms with Crippen LogP contribution >= 0.6 is 0 Å². The van der Waals surface area contributed by atoms with E-state index in [-0.39, 0.29) is 5.91 Å². The van der Waals surface area contributed by atoms with Crippen molar-refractivity contribution in [3.8, 4) is 5.75 Å². The van der Waals surface area contributed by atoms with Gasteiger partial charge in [-0.05, 0) is 75.4 Å². The lowest BCUT2D eigenvalue weighted by molar-refractivity contribution is -0.150. The Morgan fingerprint density at radius 3 is 2.57 bits per heavy atom. The van der Waals surface area contributed by atoms with Crippen molar-refractivity contribution in [1.29, 1.82) is 0 Å². The molecule has 30 heavy (non-hydrogen) atoms. The summed E-state index contributed by atoms with van der Waals surface area (Å²) in [5.41, 5.74) is 4.46. The molecule has 1 aromatic carbocycles. The third kappa shape index (κ3) is 5.53. The van der Waals surface area contributed by atoms with Gasteiger partial charge in [0, 0.05) is 30.1 Å². The maximum atomic E-state index is 12.2. The molecule has 1 N–H and O–H groups in total. The number of nitrogens with zero attached hydrogens (tertiary/aromatic N) is 1. The number of benzene rings is 1. The Bertz CT molecular complexity index is 923. The third-order valence-electron chi connectivity index (χ3n) is 5.37. The summed E-state index contributed by atoms with van der Waals surface area (Å²) in [7, 11) is 1.62. The van der Waals surface area contributed by atoms with E-state index >= 15 is 0 Å². The molecule has 3 rings (SSSR count). The molecule has 6 nitrogen and oxygen atoms in total. The number of hydrogen-bond donors (Lipinski definition) is 1. The van der Waals surface area contributed by atoms with Crippen LogP contribution in [0.5, 0.6) is 5.75 Å². The fraction of sp³-hybridized carbons (Fsp3) is 0.417. The Morgan fingerprint density at radius 2 is 1.93 bits per heavy atom. The van der Waals surface area contributed by atoms with E-state index < -0.39 is 12.1 Å². The highest BCUT2D eigenvalue weighted by Crippen LogP contribution is 2.38. The molecule has 0 aliphatic heterocycles. The second-order valence-electron chi connectivity index (χ2n) is 7.73. The molecule has 160 valence electrons. The molecule has 1 fully saturated rings. The fourth-order valence-corrected chi connectivity index (χ4v) is 3.56. The van der Waals surface area contributed by atoms with Crippen LogP contribution < -0.4 is 10.1 Å². The van der Waals surface area contributed by atoms with E-state index in [2.05, 4.69) is 29.8 Å². The van der Waals surface area contributed by atoms with Crippen molar-refractivity contribution in [2.45, 2.75) is 52.2 Å². The quantitative estimate of drug-likeness (QED) is 0.505. The maximum Gasteiger partial charge on any atom is 0.331 e. The SMILES string of the molecule is COc1ccc(CCNC(=O)[C@H](C)OC(=O)/C=C/c2cc(C)n(C3CC3)c2C)cc1. The number of hydrogen-bond acceptors (Lipinski definition) is 4. The Balaban J connectivity index is 1.44. The van der Waals surface area contributed by atoms with Gasteiger partial charge in [0.2, 0.25) is 0 Å². The molecule has 0 bridgehead atoms. The topological polar surface area (TPSA) is 69.6 Å². The molecule has 1 amide bonds. The molecule has 0 radical (unpaired) electrons.